The van der Waals surface area contributed by atoms with E-state index in [1.807, 2.05) is 11.4 Å². The maximum Gasteiger partial charge on any atom is 0.143 e. The Morgan fingerprint density at radius 1 is 1.50 bits per heavy atom. The molecule has 0 fully saturated rings. The van der Waals surface area contributed by atoms with Crippen LogP contribution in [0.15, 0.2) is 34.4 Å². The topological polar surface area (TPSA) is 42.4 Å². The molecule has 0 aliphatic heterocycles. The lowest BCUT2D eigenvalue weighted by Crippen LogP contribution is -2.01. The first-order chi connectivity index (χ1) is 7.74. The smallest absolute Gasteiger partial charge is 0.143 e. The summed E-state index contributed by atoms with van der Waals surface area (Å²) in [6.07, 6.45) is 2.55. The maximum absolute atomic E-state index is 10.2. The number of aliphatic hydroxyl groups is 1. The quantitative estimate of drug-likeness (QED) is 0.947. The van der Waals surface area contributed by atoms with Gasteiger partial charge in [0.25, 0.3) is 0 Å². The first-order valence-electron chi connectivity index (χ1n) is 4.63. The molecule has 0 bridgehead atoms. The number of methoxy groups -OCH3 is 1. The summed E-state index contributed by atoms with van der Waals surface area (Å²) < 4.78 is 6.08. The Morgan fingerprint density at radius 2 is 2.31 bits per heavy atom. The number of hydrogen-bond donors (Lipinski definition) is 1. The maximum atomic E-state index is 10.2. The molecule has 0 amide bonds. The van der Waals surface area contributed by atoms with E-state index in [0.29, 0.717) is 5.75 Å². The molecule has 3 nitrogen and oxygen atoms in total. The van der Waals surface area contributed by atoms with E-state index in [4.69, 9.17) is 4.74 Å². The van der Waals surface area contributed by atoms with E-state index in [2.05, 4.69) is 20.9 Å². The molecule has 2 aromatic heterocycles. The highest BCUT2D eigenvalue weighted by molar-refractivity contribution is 9.10. The van der Waals surface area contributed by atoms with Gasteiger partial charge in [0.05, 0.1) is 18.2 Å². The van der Waals surface area contributed by atoms with Crippen LogP contribution in [0.2, 0.25) is 0 Å². The summed E-state index contributed by atoms with van der Waals surface area (Å²) in [5.41, 5.74) is 0.723. The molecule has 0 saturated heterocycles. The number of thiophene rings is 1. The van der Waals surface area contributed by atoms with Gasteiger partial charge < -0.3 is 9.84 Å². The van der Waals surface area contributed by atoms with Crippen molar-refractivity contribution in [3.63, 3.8) is 0 Å². The van der Waals surface area contributed by atoms with Crippen LogP contribution in [0.1, 0.15) is 16.5 Å². The van der Waals surface area contributed by atoms with Crippen LogP contribution in [-0.2, 0) is 0 Å². The predicted octanol–water partition coefficient (Wildman–Crippen LogP) is 3.00. The number of rotatable bonds is 3. The summed E-state index contributed by atoms with van der Waals surface area (Å²) in [7, 11) is 1.57. The van der Waals surface area contributed by atoms with E-state index in [0.717, 1.165) is 14.9 Å². The van der Waals surface area contributed by atoms with Gasteiger partial charge in [0.15, 0.2) is 0 Å². The first kappa shape index (κ1) is 11.6. The van der Waals surface area contributed by atoms with Crippen molar-refractivity contribution in [2.45, 2.75) is 6.10 Å². The molecule has 0 saturated carbocycles. The monoisotopic (exact) mass is 299 g/mol. The van der Waals surface area contributed by atoms with Crippen molar-refractivity contribution in [1.29, 1.82) is 0 Å². The Bertz CT molecular complexity index is 486. The van der Waals surface area contributed by atoms with E-state index in [-0.39, 0.29) is 0 Å². The average molecular weight is 300 g/mol. The van der Waals surface area contributed by atoms with Gasteiger partial charge in [-0.3, -0.25) is 4.98 Å². The van der Waals surface area contributed by atoms with Gasteiger partial charge in [-0.05, 0) is 33.4 Å². The molecule has 5 heteroatoms. The van der Waals surface area contributed by atoms with E-state index in [1.165, 1.54) is 11.3 Å². The molecule has 0 spiro atoms. The van der Waals surface area contributed by atoms with Crippen molar-refractivity contribution < 1.29 is 9.84 Å². The molecule has 2 rings (SSSR count). The zero-order valence-electron chi connectivity index (χ0n) is 8.55. The molecule has 1 atom stereocenters. The molecule has 0 aliphatic carbocycles. The molecule has 0 aromatic carbocycles. The molecule has 84 valence electrons. The van der Waals surface area contributed by atoms with E-state index >= 15 is 0 Å². The van der Waals surface area contributed by atoms with Gasteiger partial charge in [-0.1, -0.05) is 0 Å². The second-order valence-electron chi connectivity index (χ2n) is 3.15. The standard InChI is InChI=1S/C11H10BrNO2S/c1-15-9-6-13-4-2-7(9)10(14)11-8(12)3-5-16-11/h2-6,10,14H,1H3. The van der Waals surface area contributed by atoms with Crippen molar-refractivity contribution in [3.05, 3.63) is 44.8 Å². The minimum Gasteiger partial charge on any atom is -0.495 e. The molecule has 16 heavy (non-hydrogen) atoms. The Hall–Kier alpha value is -0.910. The normalized spacial score (nSPS) is 12.4. The van der Waals surface area contributed by atoms with Gasteiger partial charge in [-0.15, -0.1) is 11.3 Å². The number of aromatic nitrogens is 1. The molecule has 0 aliphatic rings. The summed E-state index contributed by atoms with van der Waals surface area (Å²) in [6, 6.07) is 3.67. The fraction of sp³-hybridized carbons (Fsp3) is 0.182. The number of ether oxygens (including phenoxy) is 1. The van der Waals surface area contributed by atoms with Crippen molar-refractivity contribution in [2.75, 3.05) is 7.11 Å². The average Bonchev–Trinajstić information content (AvgIpc) is 2.74. The molecule has 2 heterocycles. The number of aliphatic hydroxyl groups excluding tert-OH is 1. The van der Waals surface area contributed by atoms with E-state index in [9.17, 15) is 5.11 Å². The Kier molecular flexibility index (Phi) is 3.58. The van der Waals surface area contributed by atoms with Crippen LogP contribution in [0.4, 0.5) is 0 Å². The van der Waals surface area contributed by atoms with Gasteiger partial charge in [0, 0.05) is 16.2 Å². The molecule has 1 unspecified atom stereocenters. The fourth-order valence-corrected chi connectivity index (χ4v) is 3.02. The van der Waals surface area contributed by atoms with Gasteiger partial charge in [-0.25, -0.2) is 0 Å². The van der Waals surface area contributed by atoms with Crippen LogP contribution >= 0.6 is 27.3 Å². The summed E-state index contributed by atoms with van der Waals surface area (Å²) in [5.74, 6) is 0.593. The van der Waals surface area contributed by atoms with Crippen molar-refractivity contribution in [2.24, 2.45) is 0 Å². The van der Waals surface area contributed by atoms with Crippen LogP contribution in [-0.4, -0.2) is 17.2 Å². The Labute approximate surface area is 106 Å². The third kappa shape index (κ3) is 2.11. The lowest BCUT2D eigenvalue weighted by atomic mass is 10.1. The van der Waals surface area contributed by atoms with Crippen molar-refractivity contribution in [1.82, 2.24) is 4.98 Å². The van der Waals surface area contributed by atoms with E-state index in [1.54, 1.807) is 25.6 Å². The summed E-state index contributed by atoms with van der Waals surface area (Å²) in [5, 5.41) is 12.2. The van der Waals surface area contributed by atoms with Gasteiger partial charge >= 0.3 is 0 Å². The van der Waals surface area contributed by atoms with Gasteiger partial charge in [-0.2, -0.15) is 0 Å². The van der Waals surface area contributed by atoms with Gasteiger partial charge in [0.2, 0.25) is 0 Å². The van der Waals surface area contributed by atoms with Gasteiger partial charge in [0.1, 0.15) is 11.9 Å². The highest BCUT2D eigenvalue weighted by Crippen LogP contribution is 2.36. The first-order valence-corrected chi connectivity index (χ1v) is 6.30. The Balaban J connectivity index is 2.41. The summed E-state index contributed by atoms with van der Waals surface area (Å²) in [6.45, 7) is 0. The third-order valence-electron chi connectivity index (χ3n) is 2.22. The molecular weight excluding hydrogens is 290 g/mol. The number of halogens is 1. The molecule has 0 radical (unpaired) electrons. The predicted molar refractivity (Wildman–Crippen MR) is 66.9 cm³/mol. The van der Waals surface area contributed by atoms with Crippen LogP contribution < -0.4 is 4.74 Å². The van der Waals surface area contributed by atoms with Crippen molar-refractivity contribution >= 4 is 27.3 Å². The Morgan fingerprint density at radius 3 is 2.94 bits per heavy atom. The van der Waals surface area contributed by atoms with Crippen LogP contribution in [0.25, 0.3) is 0 Å². The third-order valence-corrected chi connectivity index (χ3v) is 4.15. The van der Waals surface area contributed by atoms with Crippen LogP contribution in [0, 0.1) is 0 Å². The minimum atomic E-state index is -0.688. The highest BCUT2D eigenvalue weighted by atomic mass is 79.9. The number of pyridine rings is 1. The summed E-state index contributed by atoms with van der Waals surface area (Å²) in [4.78, 5) is 4.82. The van der Waals surface area contributed by atoms with Crippen molar-refractivity contribution in [3.8, 4) is 5.75 Å². The summed E-state index contributed by atoms with van der Waals surface area (Å²) >= 11 is 4.90. The zero-order chi connectivity index (χ0) is 11.5. The zero-order valence-corrected chi connectivity index (χ0v) is 11.0. The lowest BCUT2D eigenvalue weighted by molar-refractivity contribution is 0.217. The van der Waals surface area contributed by atoms with E-state index < -0.39 is 6.10 Å². The molecular formula is C11H10BrNO2S. The molecule has 1 N–H and O–H groups in total. The lowest BCUT2D eigenvalue weighted by Gasteiger charge is -2.13. The largest absolute Gasteiger partial charge is 0.495 e. The second-order valence-corrected chi connectivity index (χ2v) is 4.95. The minimum absolute atomic E-state index is 0.593. The highest BCUT2D eigenvalue weighted by Gasteiger charge is 2.18. The number of hydrogen-bond acceptors (Lipinski definition) is 4. The van der Waals surface area contributed by atoms with Crippen LogP contribution in [0.5, 0.6) is 5.75 Å². The fourth-order valence-electron chi connectivity index (χ4n) is 1.43. The SMILES string of the molecule is COc1cnccc1C(O)c1sccc1Br. The second kappa shape index (κ2) is 4.95. The molecule has 2 aromatic rings. The number of nitrogens with zero attached hydrogens (tertiary/aromatic N) is 1. The van der Waals surface area contributed by atoms with Crippen LogP contribution in [0.3, 0.4) is 0 Å².